The van der Waals surface area contributed by atoms with E-state index >= 15 is 0 Å². The van der Waals surface area contributed by atoms with Crippen molar-refractivity contribution in [2.75, 3.05) is 13.2 Å². The number of hydrogen-bond donors (Lipinski definition) is 1. The predicted molar refractivity (Wildman–Crippen MR) is 112 cm³/mol. The summed E-state index contributed by atoms with van der Waals surface area (Å²) in [7, 11) is 0. The normalized spacial score (nSPS) is 15.4. The van der Waals surface area contributed by atoms with Gasteiger partial charge in [0.05, 0.1) is 22.8 Å². The molecular formula is C22H19N3O3S. The zero-order valence-electron chi connectivity index (χ0n) is 15.8. The summed E-state index contributed by atoms with van der Waals surface area (Å²) >= 11 is 1.44. The van der Waals surface area contributed by atoms with E-state index in [1.54, 1.807) is 0 Å². The molecule has 3 heterocycles. The van der Waals surface area contributed by atoms with E-state index < -0.39 is 0 Å². The van der Waals surface area contributed by atoms with E-state index in [1.165, 1.54) is 11.3 Å². The number of rotatable bonds is 4. The summed E-state index contributed by atoms with van der Waals surface area (Å²) in [6, 6.07) is 19.4. The van der Waals surface area contributed by atoms with E-state index in [2.05, 4.69) is 10.4 Å². The molecule has 0 saturated heterocycles. The zero-order valence-corrected chi connectivity index (χ0v) is 16.6. The molecule has 7 heteroatoms. The van der Waals surface area contributed by atoms with E-state index in [1.807, 2.05) is 72.3 Å². The fourth-order valence-corrected chi connectivity index (χ4v) is 4.46. The van der Waals surface area contributed by atoms with Crippen molar-refractivity contribution in [3.05, 3.63) is 71.2 Å². The van der Waals surface area contributed by atoms with Crippen LogP contribution in [-0.2, 0) is 0 Å². The van der Waals surface area contributed by atoms with Crippen molar-refractivity contribution < 1.29 is 14.3 Å². The third-order valence-corrected chi connectivity index (χ3v) is 5.94. The van der Waals surface area contributed by atoms with Crippen molar-refractivity contribution in [3.8, 4) is 17.2 Å². The van der Waals surface area contributed by atoms with Crippen molar-refractivity contribution in [1.82, 2.24) is 15.1 Å². The number of thiophene rings is 1. The maximum Gasteiger partial charge on any atom is 0.261 e. The Morgan fingerprint density at radius 1 is 1.17 bits per heavy atom. The largest absolute Gasteiger partial charge is 0.486 e. The number of aryl methyl sites for hydroxylation is 1. The number of fused-ring (bicyclic) bond motifs is 2. The van der Waals surface area contributed by atoms with Crippen LogP contribution in [0.2, 0.25) is 0 Å². The second-order valence-electron chi connectivity index (χ2n) is 6.87. The first kappa shape index (κ1) is 17.8. The Balaban J connectivity index is 1.32. The van der Waals surface area contributed by atoms with Gasteiger partial charge in [0.15, 0.2) is 11.5 Å². The van der Waals surface area contributed by atoms with Crippen molar-refractivity contribution in [3.63, 3.8) is 0 Å². The monoisotopic (exact) mass is 405 g/mol. The summed E-state index contributed by atoms with van der Waals surface area (Å²) < 4.78 is 13.5. The lowest BCUT2D eigenvalue weighted by Crippen LogP contribution is -2.40. The molecule has 4 aromatic rings. The summed E-state index contributed by atoms with van der Waals surface area (Å²) in [5.41, 5.74) is 1.88. The molecule has 146 valence electrons. The lowest BCUT2D eigenvalue weighted by molar-refractivity contribution is 0.0791. The van der Waals surface area contributed by atoms with Crippen molar-refractivity contribution >= 4 is 27.5 Å². The zero-order chi connectivity index (χ0) is 19.8. The van der Waals surface area contributed by atoms with Gasteiger partial charge >= 0.3 is 0 Å². The number of ether oxygens (including phenoxy) is 2. The van der Waals surface area contributed by atoms with Gasteiger partial charge in [-0.15, -0.1) is 11.3 Å². The molecule has 2 aromatic carbocycles. The summed E-state index contributed by atoms with van der Waals surface area (Å²) in [6.45, 7) is 2.75. The van der Waals surface area contributed by atoms with Gasteiger partial charge in [-0.25, -0.2) is 4.68 Å². The molecule has 0 spiro atoms. The van der Waals surface area contributed by atoms with E-state index in [4.69, 9.17) is 9.47 Å². The van der Waals surface area contributed by atoms with Gasteiger partial charge in [0.25, 0.3) is 5.91 Å². The number of nitrogens with one attached hydrogen (secondary N) is 1. The number of nitrogens with zero attached hydrogens (tertiary/aromatic N) is 2. The van der Waals surface area contributed by atoms with Gasteiger partial charge in [-0.05, 0) is 37.3 Å². The Labute approximate surface area is 171 Å². The predicted octanol–water partition coefficient (Wildman–Crippen LogP) is 3.97. The van der Waals surface area contributed by atoms with Gasteiger partial charge in [-0.3, -0.25) is 4.79 Å². The van der Waals surface area contributed by atoms with Crippen molar-refractivity contribution in [2.45, 2.75) is 13.0 Å². The molecule has 29 heavy (non-hydrogen) atoms. The number of amides is 1. The first-order valence-electron chi connectivity index (χ1n) is 9.40. The second kappa shape index (κ2) is 7.25. The molecule has 1 amide bonds. The molecule has 2 aromatic heterocycles. The minimum absolute atomic E-state index is 0.118. The Bertz CT molecular complexity index is 1180. The first-order valence-corrected chi connectivity index (χ1v) is 10.2. The Kier molecular flexibility index (Phi) is 4.44. The van der Waals surface area contributed by atoms with Gasteiger partial charge < -0.3 is 14.8 Å². The average molecular weight is 405 g/mol. The van der Waals surface area contributed by atoms with E-state index in [-0.39, 0.29) is 12.0 Å². The standard InChI is InChI=1S/C22H19N3O3S/c1-14-17-11-20(29-22(17)25(24-14)15-7-3-2-4-8-15)21(26)23-12-16-13-27-18-9-5-6-10-19(18)28-16/h2-11,16H,12-13H2,1H3,(H,23,26). The summed E-state index contributed by atoms with van der Waals surface area (Å²) in [5, 5.41) is 8.58. The number of benzene rings is 2. The van der Waals surface area contributed by atoms with Crippen LogP contribution in [0.25, 0.3) is 15.9 Å². The molecule has 0 saturated carbocycles. The van der Waals surface area contributed by atoms with Crippen molar-refractivity contribution in [1.29, 1.82) is 0 Å². The molecule has 6 nitrogen and oxygen atoms in total. The molecule has 0 radical (unpaired) electrons. The van der Waals surface area contributed by atoms with Crippen LogP contribution in [0.15, 0.2) is 60.7 Å². The quantitative estimate of drug-likeness (QED) is 0.558. The number of carbonyl (C=O) groups is 1. The van der Waals surface area contributed by atoms with Crippen LogP contribution < -0.4 is 14.8 Å². The highest BCUT2D eigenvalue weighted by Gasteiger charge is 2.22. The van der Waals surface area contributed by atoms with Crippen LogP contribution >= 0.6 is 11.3 Å². The Morgan fingerprint density at radius 2 is 1.93 bits per heavy atom. The van der Waals surface area contributed by atoms with Crippen LogP contribution in [0.4, 0.5) is 0 Å². The van der Waals surface area contributed by atoms with Crippen molar-refractivity contribution in [2.24, 2.45) is 0 Å². The molecule has 1 aliphatic rings. The molecule has 0 fully saturated rings. The highest BCUT2D eigenvalue weighted by atomic mass is 32.1. The molecule has 1 atom stereocenters. The Morgan fingerprint density at radius 3 is 2.76 bits per heavy atom. The van der Waals surface area contributed by atoms with Gasteiger partial charge in [0.2, 0.25) is 0 Å². The fourth-order valence-electron chi connectivity index (χ4n) is 3.36. The highest BCUT2D eigenvalue weighted by Crippen LogP contribution is 2.32. The number of hydrogen-bond acceptors (Lipinski definition) is 5. The van der Waals surface area contributed by atoms with Crippen LogP contribution in [0.3, 0.4) is 0 Å². The SMILES string of the molecule is Cc1nn(-c2ccccc2)c2sc(C(=O)NCC3COc4ccccc4O3)cc12. The summed E-state index contributed by atoms with van der Waals surface area (Å²) in [4.78, 5) is 14.4. The third kappa shape index (κ3) is 3.34. The van der Waals surface area contributed by atoms with Gasteiger partial charge in [0.1, 0.15) is 17.5 Å². The number of carbonyl (C=O) groups excluding carboxylic acids is 1. The minimum atomic E-state index is -0.218. The van der Waals surface area contributed by atoms with Crippen LogP contribution in [0, 0.1) is 6.92 Å². The van der Waals surface area contributed by atoms with E-state index in [0.717, 1.165) is 27.3 Å². The van der Waals surface area contributed by atoms with E-state index in [9.17, 15) is 4.79 Å². The fraction of sp³-hybridized carbons (Fsp3) is 0.182. The van der Waals surface area contributed by atoms with Gasteiger partial charge in [-0.2, -0.15) is 5.10 Å². The number of para-hydroxylation sites is 3. The lowest BCUT2D eigenvalue weighted by atomic mass is 10.2. The molecule has 1 N–H and O–H groups in total. The van der Waals surface area contributed by atoms with Gasteiger partial charge in [0, 0.05) is 5.39 Å². The smallest absolute Gasteiger partial charge is 0.261 e. The molecular weight excluding hydrogens is 386 g/mol. The highest BCUT2D eigenvalue weighted by molar-refractivity contribution is 7.20. The first-order chi connectivity index (χ1) is 14.2. The number of aromatic nitrogens is 2. The van der Waals surface area contributed by atoms with Crippen LogP contribution in [-0.4, -0.2) is 34.9 Å². The molecule has 1 unspecified atom stereocenters. The van der Waals surface area contributed by atoms with Crippen LogP contribution in [0.1, 0.15) is 15.4 Å². The summed E-state index contributed by atoms with van der Waals surface area (Å²) in [5.74, 6) is 1.33. The Hall–Kier alpha value is -3.32. The average Bonchev–Trinajstić information content (AvgIpc) is 3.33. The second-order valence-corrected chi connectivity index (χ2v) is 7.90. The maximum atomic E-state index is 12.7. The van der Waals surface area contributed by atoms with E-state index in [0.29, 0.717) is 23.8 Å². The minimum Gasteiger partial charge on any atom is -0.486 e. The molecule has 1 aliphatic heterocycles. The topological polar surface area (TPSA) is 65.4 Å². The summed E-state index contributed by atoms with van der Waals surface area (Å²) in [6.07, 6.45) is -0.218. The maximum absolute atomic E-state index is 12.7. The third-order valence-electron chi connectivity index (χ3n) is 4.83. The van der Waals surface area contributed by atoms with Crippen LogP contribution in [0.5, 0.6) is 11.5 Å². The molecule has 0 bridgehead atoms. The lowest BCUT2D eigenvalue weighted by Gasteiger charge is -2.26. The van der Waals surface area contributed by atoms with Gasteiger partial charge in [-0.1, -0.05) is 30.3 Å². The molecule has 5 rings (SSSR count). The molecule has 0 aliphatic carbocycles.